The summed E-state index contributed by atoms with van der Waals surface area (Å²) in [4.78, 5) is 37.7. The molecule has 3 rings (SSSR count). The van der Waals surface area contributed by atoms with E-state index in [1.165, 1.54) is 19.4 Å². The molecule has 2 aromatic rings. The quantitative estimate of drug-likeness (QED) is 0.330. The normalized spacial score (nSPS) is 14.0. The third kappa shape index (κ3) is 9.06. The Kier molecular flexibility index (Phi) is 11.0. The van der Waals surface area contributed by atoms with Crippen molar-refractivity contribution in [1.29, 1.82) is 0 Å². The number of piperidine rings is 1. The number of carbonyl (C=O) groups excluding carboxylic acids is 3. The van der Waals surface area contributed by atoms with Gasteiger partial charge in [0, 0.05) is 39.4 Å². The van der Waals surface area contributed by atoms with Crippen LogP contribution in [0.25, 0.3) is 0 Å². The lowest BCUT2D eigenvalue weighted by molar-refractivity contribution is -0.134. The van der Waals surface area contributed by atoms with Gasteiger partial charge in [-0.3, -0.25) is 14.4 Å². The summed E-state index contributed by atoms with van der Waals surface area (Å²) in [5, 5.41) is 3.15. The van der Waals surface area contributed by atoms with Gasteiger partial charge >= 0.3 is 11.9 Å². The third-order valence-electron chi connectivity index (χ3n) is 6.50. The summed E-state index contributed by atoms with van der Waals surface area (Å²) in [7, 11) is 3.29. The van der Waals surface area contributed by atoms with Crippen LogP contribution in [0.5, 0.6) is 23.0 Å². The lowest BCUT2D eigenvalue weighted by Gasteiger charge is -2.32. The van der Waals surface area contributed by atoms with E-state index in [-0.39, 0.29) is 23.4 Å². The van der Waals surface area contributed by atoms with Crippen LogP contribution in [0.4, 0.5) is 0 Å². The molecule has 0 saturated carbocycles. The second kappa shape index (κ2) is 14.4. The molecule has 1 aliphatic heterocycles. The van der Waals surface area contributed by atoms with Crippen molar-refractivity contribution in [1.82, 2.24) is 10.2 Å². The Morgan fingerprint density at radius 2 is 1.39 bits per heavy atom. The van der Waals surface area contributed by atoms with Gasteiger partial charge in [-0.1, -0.05) is 12.1 Å². The number of rotatable bonds is 12. The van der Waals surface area contributed by atoms with Crippen molar-refractivity contribution in [3.8, 4) is 23.0 Å². The maximum Gasteiger partial charge on any atom is 0.308 e. The third-order valence-corrected chi connectivity index (χ3v) is 6.50. The molecular weight excluding hydrogens is 488 g/mol. The zero-order valence-electron chi connectivity index (χ0n) is 22.7. The Morgan fingerprint density at radius 3 is 2.03 bits per heavy atom. The fourth-order valence-corrected chi connectivity index (χ4v) is 4.58. The molecule has 9 nitrogen and oxygen atoms in total. The largest absolute Gasteiger partial charge is 0.493 e. The minimum Gasteiger partial charge on any atom is -0.493 e. The Balaban J connectivity index is 1.38. The minimum absolute atomic E-state index is 0.00463. The molecule has 0 unspecified atom stereocenters. The van der Waals surface area contributed by atoms with E-state index in [1.807, 2.05) is 12.1 Å². The summed E-state index contributed by atoms with van der Waals surface area (Å²) in [5.41, 5.74) is 2.04. The number of nitrogens with one attached hydrogen (secondary N) is 1. The van der Waals surface area contributed by atoms with Crippen molar-refractivity contribution < 1.29 is 33.3 Å². The molecule has 1 N–H and O–H groups in total. The SMILES string of the molecule is COc1ccc(CCCN2CCC(NC(=O)CCc3ccc(OC(C)=O)c(OC(C)=O)c3)CC2)cc1OC. The minimum atomic E-state index is -0.513. The van der Waals surface area contributed by atoms with E-state index in [0.717, 1.165) is 62.4 Å². The molecule has 1 fully saturated rings. The van der Waals surface area contributed by atoms with Gasteiger partial charge in [0.25, 0.3) is 0 Å². The number of carbonyl (C=O) groups is 3. The first kappa shape index (κ1) is 29.0. The standard InChI is InChI=1S/C29H38N2O7/c1-20(32)37-26-11-8-23(19-28(26)38-21(2)33)9-12-29(34)30-24-13-16-31(17-14-24)15-5-6-22-7-10-25(35-3)27(18-22)36-4/h7-8,10-11,18-19,24H,5-6,9,12-17H2,1-4H3,(H,30,34). The first-order valence-corrected chi connectivity index (χ1v) is 13.0. The zero-order valence-corrected chi connectivity index (χ0v) is 22.7. The summed E-state index contributed by atoms with van der Waals surface area (Å²) < 4.78 is 21.0. The van der Waals surface area contributed by atoms with Crippen LogP contribution in [0.15, 0.2) is 36.4 Å². The van der Waals surface area contributed by atoms with Gasteiger partial charge in [-0.2, -0.15) is 0 Å². The van der Waals surface area contributed by atoms with Crippen molar-refractivity contribution in [2.75, 3.05) is 33.9 Å². The van der Waals surface area contributed by atoms with Crippen LogP contribution >= 0.6 is 0 Å². The van der Waals surface area contributed by atoms with Gasteiger partial charge < -0.3 is 29.2 Å². The molecular formula is C29H38N2O7. The molecule has 0 aliphatic carbocycles. The molecule has 0 bridgehead atoms. The van der Waals surface area contributed by atoms with E-state index < -0.39 is 11.9 Å². The molecule has 1 amide bonds. The number of likely N-dealkylation sites (tertiary alicyclic amines) is 1. The second-order valence-electron chi connectivity index (χ2n) is 9.44. The van der Waals surface area contributed by atoms with Crippen LogP contribution in [0.2, 0.25) is 0 Å². The summed E-state index contributed by atoms with van der Waals surface area (Å²) in [5.74, 6) is 0.820. The highest BCUT2D eigenvalue weighted by atomic mass is 16.6. The average molecular weight is 527 g/mol. The molecule has 2 aromatic carbocycles. The van der Waals surface area contributed by atoms with Crippen molar-refractivity contribution in [2.45, 2.75) is 58.4 Å². The first-order valence-electron chi connectivity index (χ1n) is 13.0. The summed E-state index contributed by atoms with van der Waals surface area (Å²) >= 11 is 0. The van der Waals surface area contributed by atoms with E-state index in [1.54, 1.807) is 32.4 Å². The second-order valence-corrected chi connectivity index (χ2v) is 9.44. The van der Waals surface area contributed by atoms with Crippen LogP contribution in [-0.4, -0.2) is 62.6 Å². The van der Waals surface area contributed by atoms with Gasteiger partial charge in [-0.25, -0.2) is 0 Å². The molecule has 9 heteroatoms. The number of ether oxygens (including phenoxy) is 4. The first-order chi connectivity index (χ1) is 18.3. The number of benzene rings is 2. The smallest absolute Gasteiger partial charge is 0.308 e. The van der Waals surface area contributed by atoms with E-state index in [2.05, 4.69) is 16.3 Å². The molecule has 38 heavy (non-hydrogen) atoms. The van der Waals surface area contributed by atoms with Gasteiger partial charge in [-0.05, 0) is 74.0 Å². The van der Waals surface area contributed by atoms with Gasteiger partial charge in [0.05, 0.1) is 14.2 Å². The Morgan fingerprint density at radius 1 is 0.816 bits per heavy atom. The van der Waals surface area contributed by atoms with E-state index in [0.29, 0.717) is 12.8 Å². The average Bonchev–Trinajstić information content (AvgIpc) is 2.89. The fraction of sp³-hybridized carbons (Fsp3) is 0.483. The number of amides is 1. The number of hydrogen-bond donors (Lipinski definition) is 1. The Bertz CT molecular complexity index is 1110. The van der Waals surface area contributed by atoms with Crippen LogP contribution in [0.1, 0.15) is 50.7 Å². The molecule has 206 valence electrons. The van der Waals surface area contributed by atoms with Crippen molar-refractivity contribution in [2.24, 2.45) is 0 Å². The van der Waals surface area contributed by atoms with Gasteiger partial charge in [-0.15, -0.1) is 0 Å². The molecule has 0 radical (unpaired) electrons. The molecule has 0 spiro atoms. The number of nitrogens with zero attached hydrogens (tertiary/aromatic N) is 1. The van der Waals surface area contributed by atoms with Crippen molar-refractivity contribution in [3.05, 3.63) is 47.5 Å². The van der Waals surface area contributed by atoms with Crippen molar-refractivity contribution in [3.63, 3.8) is 0 Å². The number of methoxy groups -OCH3 is 2. The van der Waals surface area contributed by atoms with Gasteiger partial charge in [0.15, 0.2) is 23.0 Å². The maximum absolute atomic E-state index is 12.6. The molecule has 1 aliphatic rings. The predicted octanol–water partition coefficient (Wildman–Crippen LogP) is 3.70. The topological polar surface area (TPSA) is 103 Å². The monoisotopic (exact) mass is 526 g/mol. The zero-order chi connectivity index (χ0) is 27.5. The number of hydrogen-bond acceptors (Lipinski definition) is 8. The molecule has 1 heterocycles. The van der Waals surface area contributed by atoms with Gasteiger partial charge in [0.1, 0.15) is 0 Å². The number of esters is 2. The van der Waals surface area contributed by atoms with Crippen LogP contribution in [-0.2, 0) is 27.2 Å². The van der Waals surface area contributed by atoms with Crippen LogP contribution < -0.4 is 24.3 Å². The predicted molar refractivity (Wildman–Crippen MR) is 143 cm³/mol. The fourth-order valence-electron chi connectivity index (χ4n) is 4.58. The highest BCUT2D eigenvalue weighted by Crippen LogP contribution is 2.30. The highest BCUT2D eigenvalue weighted by molar-refractivity contribution is 5.77. The van der Waals surface area contributed by atoms with Gasteiger partial charge in [0.2, 0.25) is 5.91 Å². The Hall–Kier alpha value is -3.59. The molecule has 0 atom stereocenters. The van der Waals surface area contributed by atoms with Crippen LogP contribution in [0, 0.1) is 0 Å². The maximum atomic E-state index is 12.6. The Labute approximate surface area is 224 Å². The summed E-state index contributed by atoms with van der Waals surface area (Å²) in [6, 6.07) is 11.2. The molecule has 1 saturated heterocycles. The van der Waals surface area contributed by atoms with E-state index in [9.17, 15) is 14.4 Å². The lowest BCUT2D eigenvalue weighted by atomic mass is 10.0. The molecule has 0 aromatic heterocycles. The highest BCUT2D eigenvalue weighted by Gasteiger charge is 2.20. The lowest BCUT2D eigenvalue weighted by Crippen LogP contribution is -2.44. The number of aryl methyl sites for hydroxylation is 2. The summed E-state index contributed by atoms with van der Waals surface area (Å²) in [6.45, 7) is 5.49. The van der Waals surface area contributed by atoms with Crippen LogP contribution in [0.3, 0.4) is 0 Å². The van der Waals surface area contributed by atoms with Crippen molar-refractivity contribution >= 4 is 17.8 Å². The van der Waals surface area contributed by atoms with E-state index in [4.69, 9.17) is 18.9 Å². The van der Waals surface area contributed by atoms with E-state index >= 15 is 0 Å². The summed E-state index contributed by atoms with van der Waals surface area (Å²) in [6.07, 6.45) is 4.68.